The number of aryl methyl sites for hydroxylation is 1. The molecule has 6 heteroatoms. The Morgan fingerprint density at radius 3 is 2.94 bits per heavy atom. The van der Waals surface area contributed by atoms with Crippen LogP contribution in [-0.2, 0) is 18.4 Å². The predicted molar refractivity (Wildman–Crippen MR) is 66.3 cm³/mol. The molecule has 0 radical (unpaired) electrons. The molecule has 0 aliphatic carbocycles. The fourth-order valence-corrected chi connectivity index (χ4v) is 1.75. The van der Waals surface area contributed by atoms with Gasteiger partial charge in [0.15, 0.2) is 6.54 Å². The number of aromatic nitrogens is 2. The van der Waals surface area contributed by atoms with Gasteiger partial charge in [-0.3, -0.25) is 10.0 Å². The Bertz CT molecular complexity index is 568. The maximum Gasteiger partial charge on any atom is 0.292 e. The highest BCUT2D eigenvalue weighted by molar-refractivity contribution is 6.30. The molecule has 0 saturated heterocycles. The number of hydrogen-bond acceptors (Lipinski definition) is 2. The molecule has 18 heavy (non-hydrogen) atoms. The summed E-state index contributed by atoms with van der Waals surface area (Å²) in [7, 11) is 1.86. The SMILES string of the molecule is C[n+]1ccn(CC(=O)N(O)c2cccc(Cl)c2)c1. The summed E-state index contributed by atoms with van der Waals surface area (Å²) < 4.78 is 3.49. The summed E-state index contributed by atoms with van der Waals surface area (Å²) in [6, 6.07) is 6.48. The first-order chi connectivity index (χ1) is 8.56. The summed E-state index contributed by atoms with van der Waals surface area (Å²) in [5.41, 5.74) is 0.351. The Balaban J connectivity index is 2.09. The first-order valence-electron chi connectivity index (χ1n) is 5.34. The minimum Gasteiger partial charge on any atom is -0.281 e. The van der Waals surface area contributed by atoms with E-state index in [1.54, 1.807) is 35.3 Å². The molecule has 2 rings (SSSR count). The Kier molecular flexibility index (Phi) is 3.64. The molecule has 0 saturated carbocycles. The van der Waals surface area contributed by atoms with E-state index in [-0.39, 0.29) is 6.54 Å². The summed E-state index contributed by atoms with van der Waals surface area (Å²) >= 11 is 5.80. The van der Waals surface area contributed by atoms with E-state index < -0.39 is 5.91 Å². The van der Waals surface area contributed by atoms with Gasteiger partial charge in [0.25, 0.3) is 5.91 Å². The highest BCUT2D eigenvalue weighted by atomic mass is 35.5. The Morgan fingerprint density at radius 2 is 2.33 bits per heavy atom. The minimum atomic E-state index is -0.437. The fraction of sp³-hybridized carbons (Fsp3) is 0.167. The third kappa shape index (κ3) is 2.88. The van der Waals surface area contributed by atoms with Gasteiger partial charge in [0.1, 0.15) is 12.4 Å². The van der Waals surface area contributed by atoms with E-state index in [2.05, 4.69) is 0 Å². The van der Waals surface area contributed by atoms with Crippen molar-refractivity contribution in [2.45, 2.75) is 6.54 Å². The number of amides is 1. The number of carbonyl (C=O) groups is 1. The first-order valence-corrected chi connectivity index (χ1v) is 5.72. The van der Waals surface area contributed by atoms with Gasteiger partial charge in [-0.25, -0.2) is 9.13 Å². The van der Waals surface area contributed by atoms with Gasteiger partial charge in [-0.15, -0.1) is 0 Å². The molecule has 1 aromatic heterocycles. The zero-order chi connectivity index (χ0) is 13.1. The Morgan fingerprint density at radius 1 is 1.56 bits per heavy atom. The number of hydroxylamine groups is 1. The molecule has 5 nitrogen and oxygen atoms in total. The summed E-state index contributed by atoms with van der Waals surface area (Å²) in [6.07, 6.45) is 5.32. The van der Waals surface area contributed by atoms with E-state index in [1.165, 1.54) is 6.07 Å². The van der Waals surface area contributed by atoms with Crippen molar-refractivity contribution in [3.05, 3.63) is 48.0 Å². The second-order valence-corrected chi connectivity index (χ2v) is 4.37. The average molecular weight is 267 g/mol. The molecular formula is C12H13ClN3O2+. The number of benzene rings is 1. The van der Waals surface area contributed by atoms with Gasteiger partial charge >= 0.3 is 0 Å². The maximum atomic E-state index is 11.8. The second kappa shape index (κ2) is 5.20. The molecule has 1 heterocycles. The number of imidazole rings is 1. The van der Waals surface area contributed by atoms with Crippen LogP contribution in [0.3, 0.4) is 0 Å². The first kappa shape index (κ1) is 12.6. The lowest BCUT2D eigenvalue weighted by Gasteiger charge is -2.13. The van der Waals surface area contributed by atoms with Crippen LogP contribution in [0.15, 0.2) is 43.0 Å². The normalized spacial score (nSPS) is 10.4. The molecular weight excluding hydrogens is 254 g/mol. The van der Waals surface area contributed by atoms with Gasteiger partial charge in [-0.2, -0.15) is 5.06 Å². The highest BCUT2D eigenvalue weighted by Crippen LogP contribution is 2.18. The molecule has 0 fully saturated rings. The molecule has 0 atom stereocenters. The number of anilines is 1. The van der Waals surface area contributed by atoms with Gasteiger partial charge in [-0.05, 0) is 18.2 Å². The van der Waals surface area contributed by atoms with Crippen molar-refractivity contribution in [3.63, 3.8) is 0 Å². The minimum absolute atomic E-state index is 0.0594. The highest BCUT2D eigenvalue weighted by Gasteiger charge is 2.16. The molecule has 94 valence electrons. The number of carbonyl (C=O) groups excluding carboxylic acids is 1. The van der Waals surface area contributed by atoms with E-state index in [0.717, 1.165) is 0 Å². The van der Waals surface area contributed by atoms with E-state index in [4.69, 9.17) is 11.6 Å². The Hall–Kier alpha value is -1.85. The van der Waals surface area contributed by atoms with E-state index in [1.807, 2.05) is 17.8 Å². The van der Waals surface area contributed by atoms with Crippen LogP contribution in [0.5, 0.6) is 0 Å². The van der Waals surface area contributed by atoms with Crippen LogP contribution in [0.1, 0.15) is 0 Å². The summed E-state index contributed by atoms with van der Waals surface area (Å²) in [4.78, 5) is 11.8. The summed E-state index contributed by atoms with van der Waals surface area (Å²) in [5.74, 6) is -0.437. The molecule has 0 aliphatic heterocycles. The molecule has 1 amide bonds. The van der Waals surface area contributed by atoms with Crippen LogP contribution in [0.2, 0.25) is 5.02 Å². The van der Waals surface area contributed by atoms with Crippen molar-refractivity contribution in [2.75, 3.05) is 5.06 Å². The standard InChI is InChI=1S/C12H13ClN3O2/c1-14-5-6-15(9-14)8-12(17)16(18)11-4-2-3-10(13)7-11/h2-7,9,18H,8H2,1H3/q+1. The van der Waals surface area contributed by atoms with Gasteiger partial charge in [-0.1, -0.05) is 17.7 Å². The maximum absolute atomic E-state index is 11.8. The van der Waals surface area contributed by atoms with Gasteiger partial charge < -0.3 is 0 Å². The number of halogens is 1. The topological polar surface area (TPSA) is 49.3 Å². The van der Waals surface area contributed by atoms with Crippen LogP contribution in [0.25, 0.3) is 0 Å². The molecule has 2 aromatic rings. The molecule has 0 unspecified atom stereocenters. The van der Waals surface area contributed by atoms with Crippen molar-refractivity contribution >= 4 is 23.2 Å². The van der Waals surface area contributed by atoms with Gasteiger partial charge in [0.05, 0.1) is 12.7 Å². The number of nitrogens with zero attached hydrogens (tertiary/aromatic N) is 3. The third-order valence-corrected chi connectivity index (χ3v) is 2.67. The van der Waals surface area contributed by atoms with Crippen LogP contribution < -0.4 is 9.63 Å². The van der Waals surface area contributed by atoms with E-state index in [9.17, 15) is 10.0 Å². The monoisotopic (exact) mass is 266 g/mol. The fourth-order valence-electron chi connectivity index (χ4n) is 1.57. The lowest BCUT2D eigenvalue weighted by molar-refractivity contribution is -0.671. The van der Waals surface area contributed by atoms with Gasteiger partial charge in [0, 0.05) is 5.02 Å². The third-order valence-electron chi connectivity index (χ3n) is 2.43. The van der Waals surface area contributed by atoms with Crippen LogP contribution >= 0.6 is 11.6 Å². The van der Waals surface area contributed by atoms with Crippen molar-refractivity contribution in [3.8, 4) is 0 Å². The van der Waals surface area contributed by atoms with Crippen molar-refractivity contribution in [1.82, 2.24) is 4.57 Å². The van der Waals surface area contributed by atoms with Crippen molar-refractivity contribution in [2.24, 2.45) is 7.05 Å². The summed E-state index contributed by atoms with van der Waals surface area (Å²) in [6.45, 7) is 0.0594. The number of hydrogen-bond donors (Lipinski definition) is 1. The van der Waals surface area contributed by atoms with Gasteiger partial charge in [0.2, 0.25) is 6.33 Å². The lowest BCUT2D eigenvalue weighted by Crippen LogP contribution is -2.31. The van der Waals surface area contributed by atoms with Crippen LogP contribution in [0, 0.1) is 0 Å². The largest absolute Gasteiger partial charge is 0.292 e. The smallest absolute Gasteiger partial charge is 0.281 e. The van der Waals surface area contributed by atoms with Crippen LogP contribution in [-0.4, -0.2) is 15.7 Å². The number of rotatable bonds is 3. The van der Waals surface area contributed by atoms with Crippen molar-refractivity contribution < 1.29 is 14.6 Å². The Labute approximate surface area is 109 Å². The predicted octanol–water partition coefficient (Wildman–Crippen LogP) is 1.39. The zero-order valence-corrected chi connectivity index (χ0v) is 10.6. The lowest BCUT2D eigenvalue weighted by atomic mass is 10.3. The van der Waals surface area contributed by atoms with E-state index in [0.29, 0.717) is 15.8 Å². The zero-order valence-electron chi connectivity index (χ0n) is 9.82. The molecule has 0 aliphatic rings. The second-order valence-electron chi connectivity index (χ2n) is 3.94. The quantitative estimate of drug-likeness (QED) is 0.518. The molecule has 1 N–H and O–H groups in total. The van der Waals surface area contributed by atoms with E-state index >= 15 is 0 Å². The molecule has 1 aromatic carbocycles. The molecule has 0 spiro atoms. The van der Waals surface area contributed by atoms with Crippen molar-refractivity contribution in [1.29, 1.82) is 0 Å². The summed E-state index contributed by atoms with van der Waals surface area (Å²) in [5, 5.41) is 10.9. The average Bonchev–Trinajstić information content (AvgIpc) is 2.73. The molecule has 0 bridgehead atoms. The van der Waals surface area contributed by atoms with Crippen LogP contribution in [0.4, 0.5) is 5.69 Å².